The Bertz CT molecular complexity index is 563. The summed E-state index contributed by atoms with van der Waals surface area (Å²) >= 11 is 5.80. The number of rotatable bonds is 3. The SMILES string of the molecule is CC(C)(C)OC(=O)NCC=Cc1ccc(C(F)(F)F)cc1Cl. The molecule has 1 aromatic rings. The lowest BCUT2D eigenvalue weighted by Gasteiger charge is -2.19. The van der Waals surface area contributed by atoms with Crippen LogP contribution in [0.2, 0.25) is 5.02 Å². The summed E-state index contributed by atoms with van der Waals surface area (Å²) in [6.45, 7) is 5.39. The largest absolute Gasteiger partial charge is 0.444 e. The van der Waals surface area contributed by atoms with Crippen LogP contribution in [0.4, 0.5) is 18.0 Å². The van der Waals surface area contributed by atoms with E-state index in [0.29, 0.717) is 5.56 Å². The molecular weight excluding hydrogens is 319 g/mol. The standard InChI is InChI=1S/C15H17ClF3NO2/c1-14(2,3)22-13(21)20-8-4-5-10-6-7-11(9-12(10)16)15(17,18)19/h4-7,9H,8H2,1-3H3,(H,20,21). The van der Waals surface area contributed by atoms with E-state index in [0.717, 1.165) is 12.1 Å². The minimum atomic E-state index is -4.43. The van der Waals surface area contributed by atoms with Crippen LogP contribution in [-0.4, -0.2) is 18.2 Å². The number of amides is 1. The average molecular weight is 336 g/mol. The molecule has 0 aliphatic rings. The summed E-state index contributed by atoms with van der Waals surface area (Å²) in [5, 5.41) is 2.48. The van der Waals surface area contributed by atoms with E-state index in [2.05, 4.69) is 5.32 Å². The summed E-state index contributed by atoms with van der Waals surface area (Å²) in [5.74, 6) is 0. The van der Waals surface area contributed by atoms with E-state index in [1.54, 1.807) is 26.8 Å². The fourth-order valence-corrected chi connectivity index (χ4v) is 1.72. The maximum Gasteiger partial charge on any atom is 0.416 e. The van der Waals surface area contributed by atoms with Crippen LogP contribution in [-0.2, 0) is 10.9 Å². The maximum absolute atomic E-state index is 12.5. The van der Waals surface area contributed by atoms with Gasteiger partial charge in [-0.3, -0.25) is 0 Å². The molecule has 0 bridgehead atoms. The molecule has 7 heteroatoms. The lowest BCUT2D eigenvalue weighted by molar-refractivity contribution is -0.137. The summed E-state index contributed by atoms with van der Waals surface area (Å²) in [4.78, 5) is 11.4. The highest BCUT2D eigenvalue weighted by Crippen LogP contribution is 2.32. The monoisotopic (exact) mass is 335 g/mol. The van der Waals surface area contributed by atoms with Gasteiger partial charge in [0.1, 0.15) is 5.60 Å². The van der Waals surface area contributed by atoms with E-state index >= 15 is 0 Å². The average Bonchev–Trinajstić information content (AvgIpc) is 2.32. The quantitative estimate of drug-likeness (QED) is 0.853. The molecular formula is C15H17ClF3NO2. The molecule has 0 unspecified atom stereocenters. The minimum Gasteiger partial charge on any atom is -0.444 e. The van der Waals surface area contributed by atoms with Crippen LogP contribution < -0.4 is 5.32 Å². The fraction of sp³-hybridized carbons (Fsp3) is 0.400. The number of benzene rings is 1. The van der Waals surface area contributed by atoms with E-state index in [-0.39, 0.29) is 11.6 Å². The van der Waals surface area contributed by atoms with E-state index in [1.807, 2.05) is 0 Å². The van der Waals surface area contributed by atoms with Gasteiger partial charge in [0, 0.05) is 11.6 Å². The molecule has 1 rings (SSSR count). The molecule has 1 N–H and O–H groups in total. The zero-order valence-electron chi connectivity index (χ0n) is 12.4. The predicted molar refractivity (Wildman–Crippen MR) is 79.7 cm³/mol. The van der Waals surface area contributed by atoms with Crippen molar-refractivity contribution in [1.82, 2.24) is 5.32 Å². The minimum absolute atomic E-state index is 0.0108. The molecule has 22 heavy (non-hydrogen) atoms. The maximum atomic E-state index is 12.5. The van der Waals surface area contributed by atoms with Gasteiger partial charge in [-0.15, -0.1) is 0 Å². The van der Waals surface area contributed by atoms with Gasteiger partial charge in [0.15, 0.2) is 0 Å². The number of carbonyl (C=O) groups is 1. The molecule has 1 amide bonds. The molecule has 0 heterocycles. The molecule has 0 fully saturated rings. The Morgan fingerprint density at radius 3 is 2.45 bits per heavy atom. The Labute approximate surface area is 132 Å². The number of hydrogen-bond acceptors (Lipinski definition) is 2. The van der Waals surface area contributed by atoms with Crippen LogP contribution >= 0.6 is 11.6 Å². The number of carbonyl (C=O) groups excluding carboxylic acids is 1. The summed E-state index contributed by atoms with van der Waals surface area (Å²) in [6.07, 6.45) is -1.90. The van der Waals surface area contributed by atoms with E-state index < -0.39 is 23.4 Å². The highest BCUT2D eigenvalue weighted by Gasteiger charge is 2.30. The second-order valence-corrected chi connectivity index (χ2v) is 5.93. The van der Waals surface area contributed by atoms with Crippen LogP contribution in [0.25, 0.3) is 6.08 Å². The fourth-order valence-electron chi connectivity index (χ4n) is 1.48. The number of alkyl halides is 3. The molecule has 0 aromatic heterocycles. The molecule has 0 spiro atoms. The highest BCUT2D eigenvalue weighted by molar-refractivity contribution is 6.32. The van der Waals surface area contributed by atoms with E-state index in [1.165, 1.54) is 12.1 Å². The zero-order chi connectivity index (χ0) is 17.0. The molecule has 0 radical (unpaired) electrons. The second kappa shape index (κ2) is 7.05. The number of ether oxygens (including phenoxy) is 1. The molecule has 0 saturated carbocycles. The first-order chi connectivity index (χ1) is 9.99. The lowest BCUT2D eigenvalue weighted by Crippen LogP contribution is -2.32. The van der Waals surface area contributed by atoms with Gasteiger partial charge in [-0.1, -0.05) is 29.8 Å². The Balaban J connectivity index is 2.59. The number of nitrogens with one attached hydrogen (secondary N) is 1. The molecule has 122 valence electrons. The van der Waals surface area contributed by atoms with Gasteiger partial charge in [-0.05, 0) is 38.5 Å². The third-order valence-electron chi connectivity index (χ3n) is 2.39. The van der Waals surface area contributed by atoms with E-state index in [9.17, 15) is 18.0 Å². The van der Waals surface area contributed by atoms with Gasteiger partial charge in [-0.25, -0.2) is 4.79 Å². The number of alkyl carbamates (subject to hydrolysis) is 1. The van der Waals surface area contributed by atoms with Gasteiger partial charge in [-0.2, -0.15) is 13.2 Å². The van der Waals surface area contributed by atoms with Crippen molar-refractivity contribution in [3.8, 4) is 0 Å². The first-order valence-electron chi connectivity index (χ1n) is 6.49. The van der Waals surface area contributed by atoms with Crippen molar-refractivity contribution in [2.75, 3.05) is 6.54 Å². The van der Waals surface area contributed by atoms with Crippen LogP contribution in [0.3, 0.4) is 0 Å². The van der Waals surface area contributed by atoms with Crippen molar-refractivity contribution in [3.63, 3.8) is 0 Å². The molecule has 0 aliphatic heterocycles. The normalized spacial score (nSPS) is 12.5. The second-order valence-electron chi connectivity index (χ2n) is 5.52. The van der Waals surface area contributed by atoms with Crippen molar-refractivity contribution in [3.05, 3.63) is 40.4 Å². The first kappa shape index (κ1) is 18.4. The third-order valence-corrected chi connectivity index (χ3v) is 2.72. The van der Waals surface area contributed by atoms with Crippen molar-refractivity contribution < 1.29 is 22.7 Å². The van der Waals surface area contributed by atoms with Crippen molar-refractivity contribution in [1.29, 1.82) is 0 Å². The third kappa shape index (κ3) is 6.39. The molecule has 0 atom stereocenters. The summed E-state index contributed by atoms with van der Waals surface area (Å²) in [6, 6.07) is 3.09. The predicted octanol–water partition coefficient (Wildman–Crippen LogP) is 4.90. The smallest absolute Gasteiger partial charge is 0.416 e. The Hall–Kier alpha value is -1.69. The summed E-state index contributed by atoms with van der Waals surface area (Å²) in [5.41, 5.74) is -0.966. The van der Waals surface area contributed by atoms with Crippen molar-refractivity contribution in [2.24, 2.45) is 0 Å². The van der Waals surface area contributed by atoms with Gasteiger partial charge in [0.05, 0.1) is 5.56 Å². The van der Waals surface area contributed by atoms with Crippen LogP contribution in [0.1, 0.15) is 31.9 Å². The Morgan fingerprint density at radius 1 is 1.32 bits per heavy atom. The Morgan fingerprint density at radius 2 is 1.95 bits per heavy atom. The van der Waals surface area contributed by atoms with Gasteiger partial charge in [0.25, 0.3) is 0 Å². The molecule has 3 nitrogen and oxygen atoms in total. The van der Waals surface area contributed by atoms with Crippen molar-refractivity contribution >= 4 is 23.8 Å². The molecule has 1 aromatic carbocycles. The van der Waals surface area contributed by atoms with Gasteiger partial charge in [0.2, 0.25) is 0 Å². The Kier molecular flexibility index (Phi) is 5.88. The number of halogens is 4. The molecule has 0 aliphatic carbocycles. The van der Waals surface area contributed by atoms with Crippen LogP contribution in [0.15, 0.2) is 24.3 Å². The van der Waals surface area contributed by atoms with Crippen molar-refractivity contribution in [2.45, 2.75) is 32.5 Å². The summed E-state index contributed by atoms with van der Waals surface area (Å²) in [7, 11) is 0. The summed E-state index contributed by atoms with van der Waals surface area (Å²) < 4.78 is 42.5. The first-order valence-corrected chi connectivity index (χ1v) is 6.87. The molecule has 0 saturated heterocycles. The van der Waals surface area contributed by atoms with Crippen LogP contribution in [0.5, 0.6) is 0 Å². The van der Waals surface area contributed by atoms with Gasteiger partial charge < -0.3 is 10.1 Å². The van der Waals surface area contributed by atoms with Crippen LogP contribution in [0, 0.1) is 0 Å². The highest BCUT2D eigenvalue weighted by atomic mass is 35.5. The van der Waals surface area contributed by atoms with E-state index in [4.69, 9.17) is 16.3 Å². The topological polar surface area (TPSA) is 38.3 Å². The lowest BCUT2D eigenvalue weighted by atomic mass is 10.1. The number of hydrogen-bond donors (Lipinski definition) is 1. The zero-order valence-corrected chi connectivity index (χ0v) is 13.2. The van der Waals surface area contributed by atoms with Gasteiger partial charge >= 0.3 is 12.3 Å².